The van der Waals surface area contributed by atoms with E-state index < -0.39 is 0 Å². The summed E-state index contributed by atoms with van der Waals surface area (Å²) in [6, 6.07) is 0. The van der Waals surface area contributed by atoms with E-state index in [0.717, 1.165) is 12.5 Å². The fourth-order valence-electron chi connectivity index (χ4n) is 1.52. The minimum absolute atomic E-state index is 0.616. The molecule has 0 unspecified atom stereocenters. The van der Waals surface area contributed by atoms with Gasteiger partial charge in [-0.15, -0.1) is 0 Å². The average molecular weight is 168 g/mol. The number of rotatable bonds is 3. The van der Waals surface area contributed by atoms with Crippen LogP contribution in [0.3, 0.4) is 0 Å². The average Bonchev–Trinajstić information content (AvgIpc) is 2.09. The number of azide groups is 1. The summed E-state index contributed by atoms with van der Waals surface area (Å²) >= 11 is 0. The summed E-state index contributed by atoms with van der Waals surface area (Å²) < 4.78 is 0. The molecular weight excluding hydrogens is 152 g/mol. The third kappa shape index (κ3) is 3.11. The van der Waals surface area contributed by atoms with Crippen molar-refractivity contribution in [1.29, 1.82) is 0 Å². The van der Waals surface area contributed by atoms with E-state index in [1.165, 1.54) is 25.9 Å². The highest BCUT2D eigenvalue weighted by Crippen LogP contribution is 2.15. The third-order valence-electron chi connectivity index (χ3n) is 2.46. The van der Waals surface area contributed by atoms with E-state index in [-0.39, 0.29) is 0 Å². The quantitative estimate of drug-likeness (QED) is 0.361. The Morgan fingerprint density at radius 3 is 2.75 bits per heavy atom. The smallest absolute Gasteiger partial charge is 0.0385 e. The molecule has 0 aliphatic carbocycles. The summed E-state index contributed by atoms with van der Waals surface area (Å²) in [6.07, 6.45) is 2.58. The second-order valence-electron chi connectivity index (χ2n) is 3.48. The molecular formula is C8H16N4. The van der Waals surface area contributed by atoms with Crippen molar-refractivity contribution in [2.45, 2.75) is 19.8 Å². The molecule has 12 heavy (non-hydrogen) atoms. The molecule has 0 spiro atoms. The SMILES string of the molecule is CC1CCN(CCN=[N+]=[N-])CC1. The topological polar surface area (TPSA) is 52.0 Å². The highest BCUT2D eigenvalue weighted by molar-refractivity contribution is 4.69. The lowest BCUT2D eigenvalue weighted by Gasteiger charge is -2.29. The number of nitrogens with zero attached hydrogens (tertiary/aromatic N) is 4. The van der Waals surface area contributed by atoms with Crippen LogP contribution in [0.2, 0.25) is 0 Å². The molecule has 1 saturated heterocycles. The van der Waals surface area contributed by atoms with Gasteiger partial charge in [-0.05, 0) is 37.4 Å². The van der Waals surface area contributed by atoms with Crippen molar-refractivity contribution in [1.82, 2.24) is 4.90 Å². The van der Waals surface area contributed by atoms with Gasteiger partial charge in [0.15, 0.2) is 0 Å². The van der Waals surface area contributed by atoms with Gasteiger partial charge in [0.1, 0.15) is 0 Å². The van der Waals surface area contributed by atoms with E-state index in [0.29, 0.717) is 6.54 Å². The lowest BCUT2D eigenvalue weighted by atomic mass is 9.99. The molecule has 1 fully saturated rings. The van der Waals surface area contributed by atoms with Crippen molar-refractivity contribution in [3.63, 3.8) is 0 Å². The molecule has 4 heteroatoms. The zero-order valence-corrected chi connectivity index (χ0v) is 7.61. The Morgan fingerprint density at radius 1 is 1.50 bits per heavy atom. The van der Waals surface area contributed by atoms with Crippen LogP contribution in [-0.4, -0.2) is 31.1 Å². The number of piperidine rings is 1. The van der Waals surface area contributed by atoms with E-state index in [4.69, 9.17) is 5.53 Å². The summed E-state index contributed by atoms with van der Waals surface area (Å²) in [4.78, 5) is 5.10. The molecule has 4 nitrogen and oxygen atoms in total. The van der Waals surface area contributed by atoms with Gasteiger partial charge in [0, 0.05) is 18.0 Å². The predicted molar refractivity (Wildman–Crippen MR) is 48.9 cm³/mol. The highest BCUT2D eigenvalue weighted by atomic mass is 15.2. The second kappa shape index (κ2) is 5.01. The molecule has 0 atom stereocenters. The highest BCUT2D eigenvalue weighted by Gasteiger charge is 2.14. The summed E-state index contributed by atoms with van der Waals surface area (Å²) in [5, 5.41) is 3.52. The van der Waals surface area contributed by atoms with Crippen molar-refractivity contribution >= 4 is 0 Å². The van der Waals surface area contributed by atoms with Crippen LogP contribution in [0.1, 0.15) is 19.8 Å². The molecule has 0 bridgehead atoms. The first kappa shape index (κ1) is 9.36. The van der Waals surface area contributed by atoms with Crippen LogP contribution in [0.5, 0.6) is 0 Å². The Hall–Kier alpha value is -0.730. The normalized spacial score (nSPS) is 20.4. The van der Waals surface area contributed by atoms with Crippen molar-refractivity contribution in [3.05, 3.63) is 10.4 Å². The number of hydrogen-bond acceptors (Lipinski definition) is 2. The standard InChI is InChI=1S/C8H16N4/c1-8-2-5-12(6-3-8)7-4-10-11-9/h8H,2-7H2,1H3. The Labute approximate surface area is 73.2 Å². The first-order valence-corrected chi connectivity index (χ1v) is 4.56. The molecule has 0 saturated carbocycles. The number of likely N-dealkylation sites (tertiary alicyclic amines) is 1. The van der Waals surface area contributed by atoms with Crippen molar-refractivity contribution < 1.29 is 0 Å². The lowest BCUT2D eigenvalue weighted by molar-refractivity contribution is 0.197. The first-order valence-electron chi connectivity index (χ1n) is 4.56. The molecule has 0 aromatic carbocycles. The molecule has 1 aliphatic rings. The largest absolute Gasteiger partial charge is 0.303 e. The molecule has 1 aliphatic heterocycles. The Kier molecular flexibility index (Phi) is 3.91. The van der Waals surface area contributed by atoms with E-state index >= 15 is 0 Å². The predicted octanol–water partition coefficient (Wildman–Crippen LogP) is 2.03. The van der Waals surface area contributed by atoms with Crippen LogP contribution in [-0.2, 0) is 0 Å². The van der Waals surface area contributed by atoms with E-state index in [1.807, 2.05) is 0 Å². The maximum atomic E-state index is 8.08. The van der Waals surface area contributed by atoms with Crippen molar-refractivity contribution in [3.8, 4) is 0 Å². The van der Waals surface area contributed by atoms with Gasteiger partial charge in [0.2, 0.25) is 0 Å². The fraction of sp³-hybridized carbons (Fsp3) is 1.00. The van der Waals surface area contributed by atoms with Crippen LogP contribution >= 0.6 is 0 Å². The molecule has 1 heterocycles. The van der Waals surface area contributed by atoms with E-state index in [1.54, 1.807) is 0 Å². The summed E-state index contributed by atoms with van der Waals surface area (Å²) in [5.74, 6) is 0.876. The van der Waals surface area contributed by atoms with Gasteiger partial charge in [0.05, 0.1) is 0 Å². The molecule has 0 aromatic heterocycles. The van der Waals surface area contributed by atoms with Crippen molar-refractivity contribution in [2.24, 2.45) is 11.0 Å². The van der Waals surface area contributed by atoms with Crippen LogP contribution in [0.25, 0.3) is 10.4 Å². The molecule has 68 valence electrons. The van der Waals surface area contributed by atoms with Gasteiger partial charge < -0.3 is 4.90 Å². The van der Waals surface area contributed by atoms with Crippen LogP contribution in [0, 0.1) is 5.92 Å². The molecule has 0 N–H and O–H groups in total. The third-order valence-corrected chi connectivity index (χ3v) is 2.46. The zero-order chi connectivity index (χ0) is 8.81. The molecule has 0 radical (unpaired) electrons. The van der Waals surface area contributed by atoms with Crippen molar-refractivity contribution in [2.75, 3.05) is 26.2 Å². The maximum absolute atomic E-state index is 8.08. The first-order chi connectivity index (χ1) is 5.83. The molecule has 1 rings (SSSR count). The van der Waals surface area contributed by atoms with Crippen LogP contribution in [0.4, 0.5) is 0 Å². The minimum atomic E-state index is 0.616. The maximum Gasteiger partial charge on any atom is 0.0385 e. The van der Waals surface area contributed by atoms with Gasteiger partial charge in [-0.1, -0.05) is 12.0 Å². The van der Waals surface area contributed by atoms with Gasteiger partial charge in [-0.25, -0.2) is 0 Å². The van der Waals surface area contributed by atoms with Gasteiger partial charge in [-0.3, -0.25) is 0 Å². The van der Waals surface area contributed by atoms with Gasteiger partial charge in [0.25, 0.3) is 0 Å². The van der Waals surface area contributed by atoms with E-state index in [9.17, 15) is 0 Å². The minimum Gasteiger partial charge on any atom is -0.303 e. The summed E-state index contributed by atoms with van der Waals surface area (Å²) in [6.45, 7) is 6.18. The molecule has 0 aromatic rings. The lowest BCUT2D eigenvalue weighted by Crippen LogP contribution is -2.34. The fourth-order valence-corrected chi connectivity index (χ4v) is 1.52. The second-order valence-corrected chi connectivity index (χ2v) is 3.48. The summed E-state index contributed by atoms with van der Waals surface area (Å²) in [7, 11) is 0. The monoisotopic (exact) mass is 168 g/mol. The Bertz CT molecular complexity index is 166. The summed E-state index contributed by atoms with van der Waals surface area (Å²) in [5.41, 5.74) is 8.08. The van der Waals surface area contributed by atoms with Gasteiger partial charge in [-0.2, -0.15) is 0 Å². The van der Waals surface area contributed by atoms with E-state index in [2.05, 4.69) is 21.8 Å². The van der Waals surface area contributed by atoms with Crippen LogP contribution < -0.4 is 0 Å². The molecule has 0 amide bonds. The van der Waals surface area contributed by atoms with Gasteiger partial charge >= 0.3 is 0 Å². The Balaban J connectivity index is 2.13. The zero-order valence-electron chi connectivity index (χ0n) is 7.61. The van der Waals surface area contributed by atoms with Crippen LogP contribution in [0.15, 0.2) is 5.11 Å². The number of hydrogen-bond donors (Lipinski definition) is 0. The Morgan fingerprint density at radius 2 is 2.17 bits per heavy atom.